The summed E-state index contributed by atoms with van der Waals surface area (Å²) in [5.41, 5.74) is 3.36. The number of amides is 2. The van der Waals surface area contributed by atoms with Gasteiger partial charge in [0.05, 0.1) is 6.42 Å². The van der Waals surface area contributed by atoms with Crippen molar-refractivity contribution in [1.29, 1.82) is 0 Å². The molecule has 1 fully saturated rings. The standard InChI is InChI=1S/C26H20ClN3O2.C2H6/c27-19-11-9-18(10-12-19)26-22-7-3-1-6-21(22)25(32)30(26)14-13-29(26)24(31)15-17-16-28-23-8-4-2-5-20(17)23;1-2/h1-12,16,28H,13-15H2;1-2H3. The average Bonchev–Trinajstić information content (AvgIpc) is 3.54. The zero-order valence-corrected chi connectivity index (χ0v) is 20.0. The molecule has 3 aromatic carbocycles. The minimum Gasteiger partial charge on any atom is -0.361 e. The monoisotopic (exact) mass is 471 g/mol. The summed E-state index contributed by atoms with van der Waals surface area (Å²) in [7, 11) is 0. The van der Waals surface area contributed by atoms with Crippen LogP contribution in [0.4, 0.5) is 0 Å². The second-order valence-electron chi connectivity index (χ2n) is 8.26. The van der Waals surface area contributed by atoms with Crippen molar-refractivity contribution in [3.63, 3.8) is 0 Å². The van der Waals surface area contributed by atoms with E-state index in [1.54, 1.807) is 0 Å². The van der Waals surface area contributed by atoms with Crippen LogP contribution in [0, 0.1) is 0 Å². The lowest BCUT2D eigenvalue weighted by Crippen LogP contribution is -2.52. The summed E-state index contributed by atoms with van der Waals surface area (Å²) in [5, 5.41) is 1.66. The van der Waals surface area contributed by atoms with Gasteiger partial charge in [-0.05, 0) is 29.8 Å². The number of carbonyl (C=O) groups is 2. The molecule has 4 aromatic rings. The summed E-state index contributed by atoms with van der Waals surface area (Å²) in [6.45, 7) is 4.96. The maximum Gasteiger partial charge on any atom is 0.256 e. The first-order valence-corrected chi connectivity index (χ1v) is 12.0. The van der Waals surface area contributed by atoms with E-state index in [1.807, 2.05) is 103 Å². The van der Waals surface area contributed by atoms with Crippen molar-refractivity contribution in [2.75, 3.05) is 13.1 Å². The van der Waals surface area contributed by atoms with Gasteiger partial charge in [-0.2, -0.15) is 0 Å². The Hall–Kier alpha value is -3.57. The molecule has 0 radical (unpaired) electrons. The van der Waals surface area contributed by atoms with Gasteiger partial charge in [0.2, 0.25) is 5.91 Å². The van der Waals surface area contributed by atoms with Crippen molar-refractivity contribution in [2.45, 2.75) is 25.9 Å². The van der Waals surface area contributed by atoms with Gasteiger partial charge in [-0.15, -0.1) is 0 Å². The van der Waals surface area contributed by atoms with Crippen LogP contribution in [0.2, 0.25) is 5.02 Å². The normalized spacial score (nSPS) is 18.5. The Balaban J connectivity index is 0.00000117. The molecule has 0 bridgehead atoms. The number of halogens is 1. The molecule has 172 valence electrons. The molecule has 6 rings (SSSR count). The van der Waals surface area contributed by atoms with Crippen molar-refractivity contribution in [3.8, 4) is 0 Å². The molecule has 2 aliphatic rings. The largest absolute Gasteiger partial charge is 0.361 e. The molecule has 2 aliphatic heterocycles. The van der Waals surface area contributed by atoms with Gasteiger partial charge in [0.15, 0.2) is 5.66 Å². The van der Waals surface area contributed by atoms with Crippen LogP contribution in [-0.2, 0) is 16.9 Å². The molecule has 6 heteroatoms. The van der Waals surface area contributed by atoms with Crippen LogP contribution in [0.3, 0.4) is 0 Å². The van der Waals surface area contributed by atoms with Gasteiger partial charge in [0.25, 0.3) is 5.91 Å². The smallest absolute Gasteiger partial charge is 0.256 e. The molecule has 2 amide bonds. The van der Waals surface area contributed by atoms with Crippen LogP contribution in [0.15, 0.2) is 79.0 Å². The van der Waals surface area contributed by atoms with Gasteiger partial charge in [-0.1, -0.05) is 74.0 Å². The van der Waals surface area contributed by atoms with E-state index < -0.39 is 5.66 Å². The van der Waals surface area contributed by atoms with E-state index in [0.717, 1.165) is 27.6 Å². The Labute approximate surface area is 203 Å². The van der Waals surface area contributed by atoms with Gasteiger partial charge < -0.3 is 14.8 Å². The third kappa shape index (κ3) is 3.15. The number of rotatable bonds is 3. The average molecular weight is 472 g/mol. The molecule has 1 saturated heterocycles. The van der Waals surface area contributed by atoms with E-state index in [4.69, 9.17) is 11.6 Å². The van der Waals surface area contributed by atoms with Crippen LogP contribution >= 0.6 is 11.6 Å². The lowest BCUT2D eigenvalue weighted by atomic mass is 9.89. The van der Waals surface area contributed by atoms with Gasteiger partial charge in [-0.25, -0.2) is 0 Å². The molecular weight excluding hydrogens is 446 g/mol. The van der Waals surface area contributed by atoms with Crippen LogP contribution in [0.25, 0.3) is 10.9 Å². The number of H-pyrrole nitrogens is 1. The number of benzene rings is 3. The number of hydrogen-bond donors (Lipinski definition) is 1. The van der Waals surface area contributed by atoms with Crippen LogP contribution in [-0.4, -0.2) is 39.7 Å². The summed E-state index contributed by atoms with van der Waals surface area (Å²) in [6, 6.07) is 23.0. The number of hydrogen-bond acceptors (Lipinski definition) is 2. The van der Waals surface area contributed by atoms with E-state index in [2.05, 4.69) is 4.98 Å². The van der Waals surface area contributed by atoms with Crippen LogP contribution < -0.4 is 0 Å². The summed E-state index contributed by atoms with van der Waals surface area (Å²) in [4.78, 5) is 34.1. The number of para-hydroxylation sites is 1. The molecule has 1 atom stereocenters. The third-order valence-electron chi connectivity index (χ3n) is 6.67. The summed E-state index contributed by atoms with van der Waals surface area (Å²) in [5.74, 6) is -0.0605. The molecule has 1 N–H and O–H groups in total. The maximum absolute atomic E-state index is 13.8. The molecular formula is C28H26ClN3O2. The Morgan fingerprint density at radius 2 is 1.68 bits per heavy atom. The maximum atomic E-state index is 13.8. The van der Waals surface area contributed by atoms with Crippen LogP contribution in [0.1, 0.15) is 40.9 Å². The minimum absolute atomic E-state index is 0.0169. The molecule has 0 spiro atoms. The highest BCUT2D eigenvalue weighted by Crippen LogP contribution is 2.50. The molecule has 1 aromatic heterocycles. The number of nitrogens with zero attached hydrogens (tertiary/aromatic N) is 2. The van der Waals surface area contributed by atoms with E-state index in [0.29, 0.717) is 23.7 Å². The number of fused-ring (bicyclic) bond motifs is 4. The third-order valence-corrected chi connectivity index (χ3v) is 6.92. The quantitative estimate of drug-likeness (QED) is 0.423. The molecule has 34 heavy (non-hydrogen) atoms. The Kier molecular flexibility index (Phi) is 5.66. The number of nitrogens with one attached hydrogen (secondary N) is 1. The number of aromatic nitrogens is 1. The first-order valence-electron chi connectivity index (χ1n) is 11.6. The van der Waals surface area contributed by atoms with Crippen LogP contribution in [0.5, 0.6) is 0 Å². The van der Waals surface area contributed by atoms with Crippen molar-refractivity contribution < 1.29 is 9.59 Å². The zero-order valence-electron chi connectivity index (χ0n) is 19.2. The predicted octanol–water partition coefficient (Wildman–Crippen LogP) is 5.59. The lowest BCUT2D eigenvalue weighted by molar-refractivity contribution is -0.135. The van der Waals surface area contributed by atoms with Gasteiger partial charge in [0.1, 0.15) is 0 Å². The topological polar surface area (TPSA) is 56.4 Å². The fourth-order valence-corrected chi connectivity index (χ4v) is 5.44. The second-order valence-corrected chi connectivity index (χ2v) is 8.70. The van der Waals surface area contributed by atoms with E-state index in [-0.39, 0.29) is 18.2 Å². The molecule has 1 unspecified atom stereocenters. The van der Waals surface area contributed by atoms with E-state index in [1.165, 1.54) is 0 Å². The first kappa shape index (κ1) is 22.2. The van der Waals surface area contributed by atoms with Crippen molar-refractivity contribution in [1.82, 2.24) is 14.8 Å². The van der Waals surface area contributed by atoms with Gasteiger partial charge >= 0.3 is 0 Å². The molecule has 0 aliphatic carbocycles. The van der Waals surface area contributed by atoms with Crippen molar-refractivity contribution in [3.05, 3.63) is 106 Å². The summed E-state index contributed by atoms with van der Waals surface area (Å²) in [6.07, 6.45) is 2.16. The van der Waals surface area contributed by atoms with Gasteiger partial charge in [-0.3, -0.25) is 9.59 Å². The summed E-state index contributed by atoms with van der Waals surface area (Å²) < 4.78 is 0. The fraction of sp³-hybridized carbons (Fsp3) is 0.214. The first-order chi connectivity index (χ1) is 16.6. The molecule has 3 heterocycles. The lowest BCUT2D eigenvalue weighted by Gasteiger charge is -2.40. The molecule has 0 saturated carbocycles. The highest BCUT2D eigenvalue weighted by molar-refractivity contribution is 6.30. The summed E-state index contributed by atoms with van der Waals surface area (Å²) >= 11 is 6.17. The molecule has 5 nitrogen and oxygen atoms in total. The van der Waals surface area contributed by atoms with Crippen molar-refractivity contribution >= 4 is 34.3 Å². The SMILES string of the molecule is CC.O=C(Cc1c[nH]c2ccccc12)N1CCN2C(=O)c3ccccc3C12c1ccc(Cl)cc1. The minimum atomic E-state index is -0.957. The Morgan fingerprint density at radius 3 is 2.47 bits per heavy atom. The number of carbonyl (C=O) groups excluding carboxylic acids is 2. The zero-order chi connectivity index (χ0) is 23.9. The Morgan fingerprint density at radius 1 is 0.971 bits per heavy atom. The highest BCUT2D eigenvalue weighted by Gasteiger charge is 2.59. The van der Waals surface area contributed by atoms with Crippen molar-refractivity contribution in [2.24, 2.45) is 0 Å². The second kappa shape index (κ2) is 8.65. The van der Waals surface area contributed by atoms with E-state index >= 15 is 0 Å². The predicted molar refractivity (Wildman–Crippen MR) is 135 cm³/mol. The number of aromatic amines is 1. The fourth-order valence-electron chi connectivity index (χ4n) is 5.32. The Bertz CT molecular complexity index is 1380. The van der Waals surface area contributed by atoms with Gasteiger partial charge in [0, 0.05) is 51.9 Å². The van der Waals surface area contributed by atoms with E-state index in [9.17, 15) is 9.59 Å². The highest BCUT2D eigenvalue weighted by atomic mass is 35.5.